The van der Waals surface area contributed by atoms with Crippen molar-refractivity contribution in [2.45, 2.75) is 73.3 Å². The van der Waals surface area contributed by atoms with E-state index in [-0.39, 0.29) is 24.2 Å². The molecular formula is C34H39N3O7S. The number of aryl methyl sites for hydroxylation is 1. The van der Waals surface area contributed by atoms with Crippen LogP contribution in [0.1, 0.15) is 78.3 Å². The summed E-state index contributed by atoms with van der Waals surface area (Å²) in [4.78, 5) is 56.1. The molecule has 11 heteroatoms. The lowest BCUT2D eigenvalue weighted by Gasteiger charge is -2.24. The molecule has 2 heterocycles. The summed E-state index contributed by atoms with van der Waals surface area (Å²) in [6, 6.07) is 11.7. The van der Waals surface area contributed by atoms with Crippen molar-refractivity contribution >= 4 is 61.9 Å². The van der Waals surface area contributed by atoms with Crippen LogP contribution >= 0.6 is 11.3 Å². The largest absolute Gasteiger partial charge is 0.459 e. The quantitative estimate of drug-likeness (QED) is 0.142. The van der Waals surface area contributed by atoms with Gasteiger partial charge in [-0.2, -0.15) is 0 Å². The number of ketones is 1. The SMILES string of the molecule is COCc1ccc(C(C)=O)c2sc(C(=O)Nc3ccc4c(COC(=O)C(NC(=O)OC(C)(C)C)C(C)C)cccc4n3)c(C)c12. The lowest BCUT2D eigenvalue weighted by Crippen LogP contribution is -2.47. The Bertz CT molecular complexity index is 1770. The third kappa shape index (κ3) is 7.84. The van der Waals surface area contributed by atoms with Crippen LogP contribution in [0.25, 0.3) is 21.0 Å². The van der Waals surface area contributed by atoms with Gasteiger partial charge in [-0.05, 0) is 81.5 Å². The summed E-state index contributed by atoms with van der Waals surface area (Å²) in [6.07, 6.45) is -0.692. The lowest BCUT2D eigenvalue weighted by molar-refractivity contribution is -0.148. The maximum atomic E-state index is 13.5. The molecule has 238 valence electrons. The molecule has 4 aromatic rings. The predicted molar refractivity (Wildman–Crippen MR) is 175 cm³/mol. The van der Waals surface area contributed by atoms with Gasteiger partial charge in [0.15, 0.2) is 5.78 Å². The first-order valence-electron chi connectivity index (χ1n) is 14.6. The number of Topliss-reactive ketones (excluding diaryl/α,β-unsaturated/α-hetero) is 1. The summed E-state index contributed by atoms with van der Waals surface area (Å²) in [6.45, 7) is 12.6. The van der Waals surface area contributed by atoms with Gasteiger partial charge in [-0.15, -0.1) is 11.3 Å². The van der Waals surface area contributed by atoms with E-state index in [0.717, 1.165) is 26.6 Å². The molecule has 10 nitrogen and oxygen atoms in total. The van der Waals surface area contributed by atoms with Crippen LogP contribution in [0, 0.1) is 12.8 Å². The number of hydrogen-bond acceptors (Lipinski definition) is 9. The van der Waals surface area contributed by atoms with Gasteiger partial charge in [0.25, 0.3) is 5.91 Å². The van der Waals surface area contributed by atoms with E-state index in [1.54, 1.807) is 52.1 Å². The number of rotatable bonds is 10. The molecule has 0 saturated heterocycles. The highest BCUT2D eigenvalue weighted by Gasteiger charge is 2.28. The van der Waals surface area contributed by atoms with Crippen LogP contribution in [0.4, 0.5) is 10.6 Å². The molecule has 1 unspecified atom stereocenters. The minimum atomic E-state index is -0.885. The molecule has 0 aliphatic carbocycles. The minimum absolute atomic E-state index is 0.0357. The molecule has 4 rings (SSSR count). The van der Waals surface area contributed by atoms with Gasteiger partial charge in [-0.25, -0.2) is 14.6 Å². The molecule has 0 bridgehead atoms. The molecule has 0 aliphatic rings. The third-order valence-corrected chi connectivity index (χ3v) is 8.40. The van der Waals surface area contributed by atoms with Crippen LogP contribution in [0.2, 0.25) is 0 Å². The molecule has 0 saturated carbocycles. The highest BCUT2D eigenvalue weighted by atomic mass is 32.1. The number of amides is 2. The number of nitrogens with one attached hydrogen (secondary N) is 2. The molecule has 2 aromatic heterocycles. The molecular weight excluding hydrogens is 594 g/mol. The first-order valence-corrected chi connectivity index (χ1v) is 15.4. The number of carbonyl (C=O) groups is 4. The molecule has 0 spiro atoms. The number of aromatic nitrogens is 1. The highest BCUT2D eigenvalue weighted by molar-refractivity contribution is 7.21. The van der Waals surface area contributed by atoms with Crippen LogP contribution < -0.4 is 10.6 Å². The van der Waals surface area contributed by atoms with Gasteiger partial charge in [-0.1, -0.05) is 32.0 Å². The van der Waals surface area contributed by atoms with Gasteiger partial charge in [-0.3, -0.25) is 9.59 Å². The number of anilines is 1. The van der Waals surface area contributed by atoms with Crippen molar-refractivity contribution in [1.82, 2.24) is 10.3 Å². The van der Waals surface area contributed by atoms with Crippen molar-refractivity contribution < 1.29 is 33.4 Å². The standard InChI is InChI=1S/C34H39N3O7S/c1-18(2)28(37-33(41)44-34(5,6)7)32(40)43-17-21-10-9-11-25-24(21)14-15-26(35-25)36-31(39)29-19(3)27-22(16-42-8)12-13-23(20(4)38)30(27)45-29/h9-15,18,28H,16-17H2,1-8H3,(H,37,41)(H,35,36,39). The summed E-state index contributed by atoms with van der Waals surface area (Å²) in [7, 11) is 1.60. The van der Waals surface area contributed by atoms with Crippen molar-refractivity contribution in [3.05, 3.63) is 69.6 Å². The Morgan fingerprint density at radius 2 is 1.71 bits per heavy atom. The molecule has 0 fully saturated rings. The number of hydrogen-bond donors (Lipinski definition) is 2. The number of esters is 1. The van der Waals surface area contributed by atoms with Crippen LogP contribution in [0.3, 0.4) is 0 Å². The fourth-order valence-corrected chi connectivity index (χ4v) is 6.27. The summed E-state index contributed by atoms with van der Waals surface area (Å²) < 4.78 is 17.0. The number of pyridine rings is 1. The van der Waals surface area contributed by atoms with Gasteiger partial charge in [0, 0.05) is 28.1 Å². The number of benzene rings is 2. The van der Waals surface area contributed by atoms with Crippen LogP contribution in [0.5, 0.6) is 0 Å². The average Bonchev–Trinajstić information content (AvgIpc) is 3.31. The Morgan fingerprint density at radius 3 is 2.36 bits per heavy atom. The average molecular weight is 634 g/mol. The zero-order valence-corrected chi connectivity index (χ0v) is 27.6. The van der Waals surface area contributed by atoms with Crippen molar-refractivity contribution in [2.75, 3.05) is 12.4 Å². The van der Waals surface area contributed by atoms with Gasteiger partial charge in [0.2, 0.25) is 0 Å². The maximum Gasteiger partial charge on any atom is 0.408 e. The Hall–Kier alpha value is -4.35. The number of ether oxygens (including phenoxy) is 3. The molecule has 45 heavy (non-hydrogen) atoms. The number of carbonyl (C=O) groups excluding carboxylic acids is 4. The second-order valence-electron chi connectivity index (χ2n) is 12.1. The fraction of sp³-hybridized carbons (Fsp3) is 0.382. The van der Waals surface area contributed by atoms with E-state index in [9.17, 15) is 19.2 Å². The van der Waals surface area contributed by atoms with Gasteiger partial charge < -0.3 is 24.8 Å². The van der Waals surface area contributed by atoms with Crippen LogP contribution in [-0.2, 0) is 32.2 Å². The number of fused-ring (bicyclic) bond motifs is 2. The number of nitrogens with zero attached hydrogens (tertiary/aromatic N) is 1. The van der Waals surface area contributed by atoms with Gasteiger partial charge >= 0.3 is 12.1 Å². The Kier molecular flexibility index (Phi) is 10.2. The summed E-state index contributed by atoms with van der Waals surface area (Å²) >= 11 is 1.27. The lowest BCUT2D eigenvalue weighted by atomic mass is 10.0. The number of alkyl carbamates (subject to hydrolysis) is 1. The fourth-order valence-electron chi connectivity index (χ4n) is 4.96. The first kappa shape index (κ1) is 33.5. The highest BCUT2D eigenvalue weighted by Crippen LogP contribution is 2.37. The second-order valence-corrected chi connectivity index (χ2v) is 13.2. The molecule has 1 atom stereocenters. The van der Waals surface area contributed by atoms with E-state index in [0.29, 0.717) is 33.9 Å². The second kappa shape index (κ2) is 13.7. The van der Waals surface area contributed by atoms with E-state index in [1.807, 2.05) is 39.0 Å². The Balaban J connectivity index is 1.52. The van der Waals surface area contributed by atoms with Gasteiger partial charge in [0.05, 0.1) is 17.0 Å². The molecule has 2 N–H and O–H groups in total. The monoisotopic (exact) mass is 633 g/mol. The maximum absolute atomic E-state index is 13.5. The van der Waals surface area contributed by atoms with Crippen molar-refractivity contribution in [1.29, 1.82) is 0 Å². The molecule has 2 amide bonds. The zero-order chi connectivity index (χ0) is 33.1. The van der Waals surface area contributed by atoms with E-state index in [4.69, 9.17) is 14.2 Å². The third-order valence-electron chi connectivity index (χ3n) is 7.08. The summed E-state index contributed by atoms with van der Waals surface area (Å²) in [5.41, 5.74) is 2.86. The Labute approximate surface area is 266 Å². The van der Waals surface area contributed by atoms with Crippen molar-refractivity contribution in [3.63, 3.8) is 0 Å². The zero-order valence-electron chi connectivity index (χ0n) is 26.8. The van der Waals surface area contributed by atoms with Gasteiger partial charge in [0.1, 0.15) is 24.1 Å². The predicted octanol–water partition coefficient (Wildman–Crippen LogP) is 6.95. The van der Waals surface area contributed by atoms with Crippen LogP contribution in [-0.4, -0.2) is 47.5 Å². The van der Waals surface area contributed by atoms with Crippen LogP contribution in [0.15, 0.2) is 42.5 Å². The first-order chi connectivity index (χ1) is 21.2. The summed E-state index contributed by atoms with van der Waals surface area (Å²) in [5.74, 6) is -0.862. The smallest absolute Gasteiger partial charge is 0.408 e. The minimum Gasteiger partial charge on any atom is -0.459 e. The van der Waals surface area contributed by atoms with E-state index in [2.05, 4.69) is 15.6 Å². The van der Waals surface area contributed by atoms with Crippen molar-refractivity contribution in [2.24, 2.45) is 5.92 Å². The number of methoxy groups -OCH3 is 1. The number of thiophene rings is 1. The van der Waals surface area contributed by atoms with E-state index < -0.39 is 23.7 Å². The molecule has 2 aromatic carbocycles. The summed E-state index contributed by atoms with van der Waals surface area (Å²) in [5, 5.41) is 7.10. The molecule has 0 radical (unpaired) electrons. The Morgan fingerprint density at radius 1 is 0.978 bits per heavy atom. The van der Waals surface area contributed by atoms with E-state index >= 15 is 0 Å². The normalized spacial score (nSPS) is 12.3. The molecule has 0 aliphatic heterocycles. The van der Waals surface area contributed by atoms with E-state index in [1.165, 1.54) is 18.3 Å². The van der Waals surface area contributed by atoms with Crippen molar-refractivity contribution in [3.8, 4) is 0 Å². The topological polar surface area (TPSA) is 133 Å².